The molecule has 1 aromatic carbocycles. The monoisotopic (exact) mass is 237 g/mol. The van der Waals surface area contributed by atoms with E-state index in [-0.39, 0.29) is 24.0 Å². The van der Waals surface area contributed by atoms with Crippen molar-refractivity contribution in [1.82, 2.24) is 4.90 Å². The predicted molar refractivity (Wildman–Crippen MR) is 54.9 cm³/mol. The summed E-state index contributed by atoms with van der Waals surface area (Å²) in [6, 6.07) is 4.95. The van der Waals surface area contributed by atoms with Gasteiger partial charge in [-0.15, -0.1) is 0 Å². The number of nitrogens with zero attached hydrogens (tertiary/aromatic N) is 1. The third kappa shape index (κ3) is 1.25. The Balaban J connectivity index is 2.01. The van der Waals surface area contributed by atoms with Gasteiger partial charge in [0.25, 0.3) is 17.7 Å². The Hall–Kier alpha value is -1.78. The molecule has 3 nitrogen and oxygen atoms in total. The molecule has 0 spiro atoms. The van der Waals surface area contributed by atoms with Crippen LogP contribution in [0.3, 0.4) is 0 Å². The van der Waals surface area contributed by atoms with E-state index in [0.29, 0.717) is 4.90 Å². The summed E-state index contributed by atoms with van der Waals surface area (Å²) in [6.07, 6.45) is -0.0798. The lowest BCUT2D eigenvalue weighted by Gasteiger charge is -2.40. The highest BCUT2D eigenvalue weighted by Gasteiger charge is 2.56. The number of carbonyl (C=O) groups excluding carboxylic acids is 2. The van der Waals surface area contributed by atoms with Crippen LogP contribution in [0.1, 0.15) is 33.6 Å². The topological polar surface area (TPSA) is 37.4 Å². The maximum atomic E-state index is 13.3. The molecule has 0 saturated heterocycles. The molecule has 1 aliphatic carbocycles. The molecule has 1 unspecified atom stereocenters. The summed E-state index contributed by atoms with van der Waals surface area (Å²) >= 11 is 0. The van der Waals surface area contributed by atoms with Crippen LogP contribution in [-0.2, 0) is 0 Å². The molecule has 5 heteroatoms. The summed E-state index contributed by atoms with van der Waals surface area (Å²) in [4.78, 5) is 24.5. The van der Waals surface area contributed by atoms with Crippen molar-refractivity contribution in [3.8, 4) is 0 Å². The molecule has 0 radical (unpaired) electrons. The van der Waals surface area contributed by atoms with Crippen LogP contribution in [0.4, 0.5) is 8.78 Å². The van der Waals surface area contributed by atoms with Gasteiger partial charge in [0.15, 0.2) is 0 Å². The number of halogens is 2. The number of imide groups is 1. The van der Waals surface area contributed by atoms with Gasteiger partial charge in [-0.1, -0.05) is 12.1 Å². The molecule has 1 aromatic rings. The van der Waals surface area contributed by atoms with Crippen LogP contribution in [0.2, 0.25) is 0 Å². The Morgan fingerprint density at radius 3 is 2.00 bits per heavy atom. The van der Waals surface area contributed by atoms with E-state index in [1.807, 2.05) is 0 Å². The zero-order valence-electron chi connectivity index (χ0n) is 8.82. The second-order valence-electron chi connectivity index (χ2n) is 4.34. The van der Waals surface area contributed by atoms with Crippen molar-refractivity contribution in [2.45, 2.75) is 24.8 Å². The summed E-state index contributed by atoms with van der Waals surface area (Å²) in [5, 5.41) is 0. The van der Waals surface area contributed by atoms with E-state index in [1.165, 1.54) is 12.1 Å². The fourth-order valence-corrected chi connectivity index (χ4v) is 2.30. The fraction of sp³-hybridized carbons (Fsp3) is 0.333. The summed E-state index contributed by atoms with van der Waals surface area (Å²) in [5.74, 6) is -4.14. The van der Waals surface area contributed by atoms with Crippen molar-refractivity contribution < 1.29 is 18.4 Å². The average molecular weight is 237 g/mol. The SMILES string of the molecule is O=C1c2ccccc2C(=O)N1C1CCC1(F)F. The van der Waals surface area contributed by atoms with Crippen LogP contribution in [0.5, 0.6) is 0 Å². The van der Waals surface area contributed by atoms with Gasteiger partial charge < -0.3 is 0 Å². The summed E-state index contributed by atoms with van der Waals surface area (Å²) in [5.41, 5.74) is 0.445. The fourth-order valence-electron chi connectivity index (χ4n) is 2.30. The summed E-state index contributed by atoms with van der Waals surface area (Å²) in [6.45, 7) is 0. The molecular weight excluding hydrogens is 228 g/mol. The number of carbonyl (C=O) groups is 2. The minimum atomic E-state index is -2.94. The first kappa shape index (κ1) is 10.4. The number of amides is 2. The second-order valence-corrected chi connectivity index (χ2v) is 4.34. The normalized spacial score (nSPS) is 25.8. The molecule has 88 valence electrons. The van der Waals surface area contributed by atoms with Crippen molar-refractivity contribution >= 4 is 11.8 Å². The van der Waals surface area contributed by atoms with E-state index < -0.39 is 23.8 Å². The van der Waals surface area contributed by atoms with Crippen LogP contribution in [-0.4, -0.2) is 28.7 Å². The highest BCUT2D eigenvalue weighted by molar-refractivity contribution is 6.21. The van der Waals surface area contributed by atoms with Crippen molar-refractivity contribution in [2.24, 2.45) is 0 Å². The lowest BCUT2D eigenvalue weighted by molar-refractivity contribution is -0.129. The Bertz CT molecular complexity index is 492. The number of benzene rings is 1. The molecule has 3 rings (SSSR count). The van der Waals surface area contributed by atoms with E-state index in [0.717, 1.165) is 0 Å². The molecule has 2 amide bonds. The first-order valence-corrected chi connectivity index (χ1v) is 5.37. The molecule has 0 bridgehead atoms. The molecule has 1 heterocycles. The molecule has 1 aliphatic heterocycles. The van der Waals surface area contributed by atoms with Gasteiger partial charge in [0.2, 0.25) is 0 Å². The Morgan fingerprint density at radius 2 is 1.65 bits per heavy atom. The van der Waals surface area contributed by atoms with Crippen LogP contribution in [0, 0.1) is 0 Å². The molecule has 0 aromatic heterocycles. The number of alkyl halides is 2. The quantitative estimate of drug-likeness (QED) is 0.701. The van der Waals surface area contributed by atoms with Gasteiger partial charge in [0.05, 0.1) is 11.1 Å². The lowest BCUT2D eigenvalue weighted by Crippen LogP contribution is -2.57. The van der Waals surface area contributed by atoms with Crippen LogP contribution < -0.4 is 0 Å². The molecule has 2 aliphatic rings. The lowest BCUT2D eigenvalue weighted by atomic mass is 9.86. The van der Waals surface area contributed by atoms with Crippen molar-refractivity contribution in [3.05, 3.63) is 35.4 Å². The van der Waals surface area contributed by atoms with Gasteiger partial charge >= 0.3 is 0 Å². The summed E-state index contributed by atoms with van der Waals surface area (Å²) in [7, 11) is 0. The van der Waals surface area contributed by atoms with E-state index in [2.05, 4.69) is 0 Å². The van der Waals surface area contributed by atoms with Gasteiger partial charge in [0, 0.05) is 6.42 Å². The zero-order valence-corrected chi connectivity index (χ0v) is 8.82. The average Bonchev–Trinajstić information content (AvgIpc) is 2.54. The van der Waals surface area contributed by atoms with Crippen molar-refractivity contribution in [2.75, 3.05) is 0 Å². The van der Waals surface area contributed by atoms with Crippen LogP contribution >= 0.6 is 0 Å². The summed E-state index contributed by atoms with van der Waals surface area (Å²) < 4.78 is 26.6. The number of fused-ring (bicyclic) bond motifs is 1. The van der Waals surface area contributed by atoms with E-state index in [1.54, 1.807) is 12.1 Å². The Kier molecular flexibility index (Phi) is 1.91. The van der Waals surface area contributed by atoms with Crippen LogP contribution in [0.25, 0.3) is 0 Å². The number of rotatable bonds is 1. The molecular formula is C12H9F2NO2. The first-order chi connectivity index (χ1) is 8.02. The van der Waals surface area contributed by atoms with Gasteiger partial charge in [-0.2, -0.15) is 0 Å². The van der Waals surface area contributed by atoms with E-state index in [4.69, 9.17) is 0 Å². The predicted octanol–water partition coefficient (Wildman–Crippen LogP) is 2.08. The molecule has 17 heavy (non-hydrogen) atoms. The number of hydrogen-bond acceptors (Lipinski definition) is 2. The second kappa shape index (κ2) is 3.12. The van der Waals surface area contributed by atoms with Crippen molar-refractivity contribution in [3.63, 3.8) is 0 Å². The Labute approximate surface area is 96.0 Å². The molecule has 1 saturated carbocycles. The van der Waals surface area contributed by atoms with Crippen molar-refractivity contribution in [1.29, 1.82) is 0 Å². The largest absolute Gasteiger partial charge is 0.269 e. The van der Waals surface area contributed by atoms with Gasteiger partial charge in [-0.25, -0.2) is 8.78 Å². The van der Waals surface area contributed by atoms with E-state index >= 15 is 0 Å². The third-order valence-electron chi connectivity index (χ3n) is 3.38. The first-order valence-electron chi connectivity index (χ1n) is 5.37. The smallest absolute Gasteiger partial charge is 0.268 e. The standard InChI is InChI=1S/C12H9F2NO2/c13-12(14)6-5-9(12)15-10(16)7-3-1-2-4-8(7)11(15)17/h1-4,9H,5-6H2. The van der Waals surface area contributed by atoms with Gasteiger partial charge in [-0.3, -0.25) is 14.5 Å². The van der Waals surface area contributed by atoms with Gasteiger partial charge in [-0.05, 0) is 18.6 Å². The van der Waals surface area contributed by atoms with Crippen LogP contribution in [0.15, 0.2) is 24.3 Å². The molecule has 0 N–H and O–H groups in total. The van der Waals surface area contributed by atoms with Gasteiger partial charge in [0.1, 0.15) is 6.04 Å². The third-order valence-corrected chi connectivity index (χ3v) is 3.38. The van der Waals surface area contributed by atoms with E-state index in [9.17, 15) is 18.4 Å². The molecule has 1 atom stereocenters. The molecule has 1 fully saturated rings. The minimum Gasteiger partial charge on any atom is -0.269 e. The Morgan fingerprint density at radius 1 is 1.12 bits per heavy atom. The highest BCUT2D eigenvalue weighted by atomic mass is 19.3. The zero-order chi connectivity index (χ0) is 12.2. The number of hydrogen-bond donors (Lipinski definition) is 0. The maximum absolute atomic E-state index is 13.3. The highest BCUT2D eigenvalue weighted by Crippen LogP contribution is 2.43. The minimum absolute atomic E-state index is 0.179. The maximum Gasteiger partial charge on any atom is 0.268 e.